The zero-order valence-electron chi connectivity index (χ0n) is 51.8. The molecule has 0 saturated heterocycles. The second kappa shape index (κ2) is 66.1. The van der Waals surface area contributed by atoms with Crippen LogP contribution in [-0.2, 0) is 14.3 Å². The number of aliphatic hydroxyl groups is 2. The highest BCUT2D eigenvalue weighted by Crippen LogP contribution is 2.19. The van der Waals surface area contributed by atoms with Crippen LogP contribution in [0.3, 0.4) is 0 Å². The number of allylic oxidation sites excluding steroid dienone is 1. The molecule has 2 unspecified atom stereocenters. The molecule has 1 amide bonds. The van der Waals surface area contributed by atoms with Gasteiger partial charge in [-0.15, -0.1) is 0 Å². The van der Waals surface area contributed by atoms with Crippen LogP contribution in [0.4, 0.5) is 0 Å². The molecule has 452 valence electrons. The van der Waals surface area contributed by atoms with Crippen molar-refractivity contribution < 1.29 is 24.5 Å². The molecule has 0 spiro atoms. The summed E-state index contributed by atoms with van der Waals surface area (Å²) in [5.41, 5.74) is 0. The second-order valence-electron chi connectivity index (χ2n) is 24.2. The summed E-state index contributed by atoms with van der Waals surface area (Å²) in [5, 5.41) is 23.3. The molecule has 0 rings (SSSR count). The SMILES string of the molecule is CCCCCCCCCCCCCCCCCCCCCCCC/C=C/C(O)C(CO)NC(=O)CCCCCCCCCCCCCCCCCCCCCCOC(=O)CCCCCCCCCCCCCCCCC. The molecular formula is C70H137NO5. The number of rotatable bonds is 66. The Bertz CT molecular complexity index is 1140. The molecule has 0 aliphatic carbocycles. The first-order chi connectivity index (χ1) is 37.5. The van der Waals surface area contributed by atoms with E-state index in [-0.39, 0.29) is 18.5 Å². The summed E-state index contributed by atoms with van der Waals surface area (Å²) in [6.07, 6.45) is 81.4. The van der Waals surface area contributed by atoms with E-state index in [4.69, 9.17) is 4.74 Å². The van der Waals surface area contributed by atoms with Crippen molar-refractivity contribution in [1.29, 1.82) is 0 Å². The predicted molar refractivity (Wildman–Crippen MR) is 333 cm³/mol. The number of amides is 1. The summed E-state index contributed by atoms with van der Waals surface area (Å²) in [6, 6.07) is -0.630. The Morgan fingerprint density at radius 2 is 0.605 bits per heavy atom. The van der Waals surface area contributed by atoms with E-state index in [0.29, 0.717) is 19.4 Å². The van der Waals surface area contributed by atoms with Crippen LogP contribution in [0.15, 0.2) is 12.2 Å². The molecule has 0 aliphatic heterocycles. The molecule has 0 heterocycles. The van der Waals surface area contributed by atoms with Gasteiger partial charge in [0.05, 0.1) is 25.4 Å². The molecule has 2 atom stereocenters. The Morgan fingerprint density at radius 1 is 0.355 bits per heavy atom. The van der Waals surface area contributed by atoms with Crippen LogP contribution in [-0.4, -0.2) is 47.4 Å². The molecule has 0 bridgehead atoms. The lowest BCUT2D eigenvalue weighted by atomic mass is 10.0. The van der Waals surface area contributed by atoms with Gasteiger partial charge in [0.15, 0.2) is 0 Å². The van der Waals surface area contributed by atoms with Gasteiger partial charge in [0.1, 0.15) is 0 Å². The van der Waals surface area contributed by atoms with Gasteiger partial charge in [-0.3, -0.25) is 9.59 Å². The van der Waals surface area contributed by atoms with Gasteiger partial charge in [0.25, 0.3) is 0 Å². The van der Waals surface area contributed by atoms with Crippen LogP contribution in [0.5, 0.6) is 0 Å². The van der Waals surface area contributed by atoms with E-state index in [2.05, 4.69) is 19.2 Å². The number of carbonyl (C=O) groups excluding carboxylic acids is 2. The summed E-state index contributed by atoms with van der Waals surface area (Å²) in [7, 11) is 0. The molecule has 6 nitrogen and oxygen atoms in total. The summed E-state index contributed by atoms with van der Waals surface area (Å²) in [5.74, 6) is -0.0507. The third kappa shape index (κ3) is 61.8. The largest absolute Gasteiger partial charge is 0.466 e. The van der Waals surface area contributed by atoms with Crippen molar-refractivity contribution in [1.82, 2.24) is 5.32 Å². The summed E-state index contributed by atoms with van der Waals surface area (Å²) in [4.78, 5) is 24.6. The normalized spacial score (nSPS) is 12.5. The first kappa shape index (κ1) is 74.6. The minimum Gasteiger partial charge on any atom is -0.466 e. The average molecular weight is 1070 g/mol. The van der Waals surface area contributed by atoms with Gasteiger partial charge in [-0.1, -0.05) is 366 Å². The van der Waals surface area contributed by atoms with Gasteiger partial charge in [0.2, 0.25) is 5.91 Å². The van der Waals surface area contributed by atoms with E-state index in [9.17, 15) is 19.8 Å². The first-order valence-electron chi connectivity index (χ1n) is 35.0. The Hall–Kier alpha value is -1.40. The van der Waals surface area contributed by atoms with E-state index in [1.165, 1.54) is 334 Å². The summed E-state index contributed by atoms with van der Waals surface area (Å²) in [6.45, 7) is 4.95. The van der Waals surface area contributed by atoms with Gasteiger partial charge >= 0.3 is 5.97 Å². The molecule has 0 aromatic rings. The third-order valence-electron chi connectivity index (χ3n) is 16.6. The van der Waals surface area contributed by atoms with E-state index in [0.717, 1.165) is 38.5 Å². The lowest BCUT2D eigenvalue weighted by Crippen LogP contribution is -2.45. The molecular weight excluding hydrogens is 935 g/mol. The van der Waals surface area contributed by atoms with Crippen molar-refractivity contribution in [2.45, 2.75) is 411 Å². The minimum absolute atomic E-state index is 0.0141. The van der Waals surface area contributed by atoms with Crippen LogP contribution in [0, 0.1) is 0 Å². The molecule has 76 heavy (non-hydrogen) atoms. The number of nitrogens with one attached hydrogen (secondary N) is 1. The fraction of sp³-hybridized carbons (Fsp3) is 0.943. The first-order valence-corrected chi connectivity index (χ1v) is 35.0. The number of hydrogen-bond acceptors (Lipinski definition) is 5. The zero-order valence-corrected chi connectivity index (χ0v) is 51.8. The van der Waals surface area contributed by atoms with Crippen molar-refractivity contribution in [3.05, 3.63) is 12.2 Å². The Labute approximate surface area is 476 Å². The van der Waals surface area contributed by atoms with Gasteiger partial charge in [0, 0.05) is 12.8 Å². The number of unbranched alkanes of at least 4 members (excludes halogenated alkanes) is 55. The van der Waals surface area contributed by atoms with E-state index in [1.807, 2.05) is 6.08 Å². The molecule has 0 fully saturated rings. The number of carbonyl (C=O) groups is 2. The van der Waals surface area contributed by atoms with E-state index in [1.54, 1.807) is 6.08 Å². The number of aliphatic hydroxyl groups excluding tert-OH is 2. The Morgan fingerprint density at radius 3 is 0.895 bits per heavy atom. The quantitative estimate of drug-likeness (QED) is 0.0320. The maximum absolute atomic E-state index is 12.5. The van der Waals surface area contributed by atoms with Gasteiger partial charge in [-0.2, -0.15) is 0 Å². The van der Waals surface area contributed by atoms with Crippen molar-refractivity contribution in [3.63, 3.8) is 0 Å². The van der Waals surface area contributed by atoms with Crippen molar-refractivity contribution in [2.24, 2.45) is 0 Å². The van der Waals surface area contributed by atoms with Crippen LogP contribution in [0.1, 0.15) is 399 Å². The van der Waals surface area contributed by atoms with Crippen molar-refractivity contribution in [3.8, 4) is 0 Å². The minimum atomic E-state index is -0.846. The van der Waals surface area contributed by atoms with Crippen molar-refractivity contribution >= 4 is 11.9 Å². The second-order valence-corrected chi connectivity index (χ2v) is 24.2. The van der Waals surface area contributed by atoms with E-state index < -0.39 is 12.1 Å². The molecule has 0 saturated carbocycles. The number of ether oxygens (including phenoxy) is 1. The zero-order chi connectivity index (χ0) is 55.0. The lowest BCUT2D eigenvalue weighted by Gasteiger charge is -2.20. The maximum Gasteiger partial charge on any atom is 0.305 e. The highest BCUT2D eigenvalue weighted by molar-refractivity contribution is 5.76. The highest BCUT2D eigenvalue weighted by atomic mass is 16.5. The fourth-order valence-electron chi connectivity index (χ4n) is 11.2. The van der Waals surface area contributed by atoms with Gasteiger partial charge in [-0.25, -0.2) is 0 Å². The van der Waals surface area contributed by atoms with Crippen LogP contribution in [0.25, 0.3) is 0 Å². The fourth-order valence-corrected chi connectivity index (χ4v) is 11.2. The molecule has 3 N–H and O–H groups in total. The van der Waals surface area contributed by atoms with Gasteiger partial charge in [-0.05, 0) is 32.1 Å². The lowest BCUT2D eigenvalue weighted by molar-refractivity contribution is -0.143. The monoisotopic (exact) mass is 1070 g/mol. The number of esters is 1. The van der Waals surface area contributed by atoms with E-state index >= 15 is 0 Å². The standard InChI is InChI=1S/C70H137NO5/c1-3-5-7-9-11-13-15-17-19-20-21-22-23-24-25-28-31-35-38-42-46-50-54-58-62-68(73)67(66-72)71-69(74)63-59-55-51-47-43-39-36-32-29-26-27-30-33-37-41-45-49-53-57-61-65-76-70(75)64-60-56-52-48-44-40-34-18-16-14-12-10-8-6-4-2/h58,62,67-68,72-73H,3-57,59-61,63-66H2,1-2H3,(H,71,74)/b62-58+. The Balaban J connectivity index is 3.41. The average Bonchev–Trinajstić information content (AvgIpc) is 3.42. The molecule has 6 heteroatoms. The van der Waals surface area contributed by atoms with Crippen molar-refractivity contribution in [2.75, 3.05) is 13.2 Å². The maximum atomic E-state index is 12.5. The molecule has 0 aliphatic rings. The molecule has 0 radical (unpaired) electrons. The molecule has 0 aromatic carbocycles. The van der Waals surface area contributed by atoms with Gasteiger partial charge < -0.3 is 20.3 Å². The highest BCUT2D eigenvalue weighted by Gasteiger charge is 2.18. The van der Waals surface area contributed by atoms with Crippen LogP contribution in [0.2, 0.25) is 0 Å². The summed E-state index contributed by atoms with van der Waals surface area (Å²) < 4.78 is 5.50. The molecule has 0 aromatic heterocycles. The third-order valence-corrected chi connectivity index (χ3v) is 16.6. The topological polar surface area (TPSA) is 95.9 Å². The van der Waals surface area contributed by atoms with Crippen LogP contribution >= 0.6 is 0 Å². The smallest absolute Gasteiger partial charge is 0.305 e. The summed E-state index contributed by atoms with van der Waals surface area (Å²) >= 11 is 0. The number of hydrogen-bond donors (Lipinski definition) is 3. The Kier molecular flexibility index (Phi) is 64.9. The predicted octanol–water partition coefficient (Wildman–Crippen LogP) is 22.4. The van der Waals surface area contributed by atoms with Crippen LogP contribution < -0.4 is 5.32 Å².